The smallest absolute Gasteiger partial charge is 0.247 e. The van der Waals surface area contributed by atoms with E-state index in [4.69, 9.17) is 20.4 Å². The molecule has 0 fully saturated rings. The van der Waals surface area contributed by atoms with Crippen molar-refractivity contribution in [1.29, 1.82) is 0 Å². The molecule has 32 heavy (non-hydrogen) atoms. The normalized spacial score (nSPS) is 13.1. The van der Waals surface area contributed by atoms with Crippen LogP contribution >= 0.6 is 11.6 Å². The van der Waals surface area contributed by atoms with Gasteiger partial charge in [-0.25, -0.2) is 0 Å². The zero-order chi connectivity index (χ0) is 22.2. The number of nitrogens with zero attached hydrogens (tertiary/aromatic N) is 3. The Morgan fingerprint density at radius 1 is 1.12 bits per heavy atom. The molecule has 5 rings (SSSR count). The van der Waals surface area contributed by atoms with Gasteiger partial charge < -0.3 is 13.7 Å². The van der Waals surface area contributed by atoms with Crippen molar-refractivity contribution in [3.8, 4) is 11.5 Å². The van der Waals surface area contributed by atoms with Crippen LogP contribution in [0, 0.1) is 0 Å². The molecule has 0 saturated carbocycles. The molecule has 2 heterocycles. The summed E-state index contributed by atoms with van der Waals surface area (Å²) in [5.41, 5.74) is 5.29. The predicted octanol–water partition coefficient (Wildman–Crippen LogP) is 5.60. The first kappa shape index (κ1) is 20.8. The molecule has 7 heteroatoms. The Labute approximate surface area is 191 Å². The van der Waals surface area contributed by atoms with E-state index in [1.54, 1.807) is 23.3 Å². The topological polar surface area (TPSA) is 72.4 Å². The van der Waals surface area contributed by atoms with E-state index in [1.807, 2.05) is 26.0 Å². The van der Waals surface area contributed by atoms with E-state index in [9.17, 15) is 4.79 Å². The third-order valence-corrected chi connectivity index (χ3v) is 6.27. The van der Waals surface area contributed by atoms with Gasteiger partial charge in [-0.05, 0) is 80.6 Å². The summed E-state index contributed by atoms with van der Waals surface area (Å²) >= 11 is 5.95. The van der Waals surface area contributed by atoms with Gasteiger partial charge in [-0.15, -0.1) is 10.2 Å². The Morgan fingerprint density at radius 2 is 1.88 bits per heavy atom. The zero-order valence-corrected chi connectivity index (χ0v) is 18.9. The highest BCUT2D eigenvalue weighted by atomic mass is 35.5. The molecule has 0 saturated heterocycles. The van der Waals surface area contributed by atoms with Crippen molar-refractivity contribution in [1.82, 2.24) is 15.1 Å². The van der Waals surface area contributed by atoms with E-state index < -0.39 is 0 Å². The van der Waals surface area contributed by atoms with Gasteiger partial charge in [0.25, 0.3) is 0 Å². The molecular weight excluding hydrogens is 426 g/mol. The lowest BCUT2D eigenvalue weighted by Gasteiger charge is -2.25. The number of aryl methyl sites for hydroxylation is 2. The second-order valence-electron chi connectivity index (χ2n) is 8.53. The number of rotatable bonds is 6. The minimum Gasteiger partial charge on any atom is -0.464 e. The fourth-order valence-corrected chi connectivity index (χ4v) is 4.41. The van der Waals surface area contributed by atoms with Crippen LogP contribution in [0.3, 0.4) is 0 Å². The van der Waals surface area contributed by atoms with E-state index in [0.717, 1.165) is 34.9 Å². The van der Waals surface area contributed by atoms with Gasteiger partial charge in [-0.3, -0.25) is 4.79 Å². The van der Waals surface area contributed by atoms with Gasteiger partial charge in [0, 0.05) is 27.6 Å². The molecule has 2 aromatic carbocycles. The predicted molar refractivity (Wildman–Crippen MR) is 122 cm³/mol. The number of furan rings is 1. The van der Waals surface area contributed by atoms with Crippen molar-refractivity contribution in [2.75, 3.05) is 0 Å². The molecule has 0 bridgehead atoms. The van der Waals surface area contributed by atoms with E-state index in [1.165, 1.54) is 17.5 Å². The molecule has 1 aliphatic rings. The van der Waals surface area contributed by atoms with Gasteiger partial charge in [0.2, 0.25) is 17.7 Å². The Morgan fingerprint density at radius 3 is 2.62 bits per heavy atom. The van der Waals surface area contributed by atoms with Gasteiger partial charge in [0.15, 0.2) is 0 Å². The largest absolute Gasteiger partial charge is 0.464 e. The summed E-state index contributed by atoms with van der Waals surface area (Å²) < 4.78 is 11.6. The van der Waals surface area contributed by atoms with Gasteiger partial charge in [0.1, 0.15) is 5.58 Å². The lowest BCUT2D eigenvalue weighted by molar-refractivity contribution is -0.133. The van der Waals surface area contributed by atoms with Crippen LogP contribution in [-0.2, 0) is 30.6 Å². The maximum absolute atomic E-state index is 13.2. The maximum Gasteiger partial charge on any atom is 0.247 e. The molecule has 0 atom stereocenters. The van der Waals surface area contributed by atoms with Gasteiger partial charge >= 0.3 is 0 Å². The molecular formula is C25H24ClN3O3. The van der Waals surface area contributed by atoms with Crippen molar-refractivity contribution >= 4 is 28.5 Å². The van der Waals surface area contributed by atoms with Crippen LogP contribution in [0.15, 0.2) is 51.5 Å². The Balaban J connectivity index is 1.34. The van der Waals surface area contributed by atoms with Crippen LogP contribution in [0.25, 0.3) is 22.4 Å². The fourth-order valence-electron chi connectivity index (χ4n) is 4.28. The lowest BCUT2D eigenvalue weighted by atomic mass is 10.0. The molecule has 0 radical (unpaired) electrons. The molecule has 164 valence electrons. The molecule has 2 aromatic heterocycles. The van der Waals surface area contributed by atoms with Crippen LogP contribution in [0.1, 0.15) is 42.8 Å². The van der Waals surface area contributed by atoms with Crippen molar-refractivity contribution in [2.45, 2.75) is 52.1 Å². The highest BCUT2D eigenvalue weighted by Crippen LogP contribution is 2.31. The lowest BCUT2D eigenvalue weighted by Crippen LogP contribution is -2.37. The molecule has 1 amide bonds. The van der Waals surface area contributed by atoms with E-state index >= 15 is 0 Å². The summed E-state index contributed by atoms with van der Waals surface area (Å²) in [5.74, 6) is 0.795. The Bertz CT molecular complexity index is 1270. The van der Waals surface area contributed by atoms with E-state index in [2.05, 4.69) is 22.3 Å². The number of hydrogen-bond donors (Lipinski definition) is 0. The second-order valence-corrected chi connectivity index (χ2v) is 8.97. The molecule has 0 N–H and O–H groups in total. The first-order valence-electron chi connectivity index (χ1n) is 10.9. The number of hydrogen-bond acceptors (Lipinski definition) is 5. The minimum absolute atomic E-state index is 0.00515. The highest BCUT2D eigenvalue weighted by Gasteiger charge is 2.23. The number of halogens is 1. The van der Waals surface area contributed by atoms with E-state index in [-0.39, 0.29) is 24.9 Å². The number of fused-ring (bicyclic) bond motifs is 2. The molecule has 4 aromatic rings. The molecule has 1 aliphatic carbocycles. The Kier molecular flexibility index (Phi) is 5.47. The zero-order valence-electron chi connectivity index (χ0n) is 18.1. The van der Waals surface area contributed by atoms with Crippen molar-refractivity contribution < 1.29 is 13.6 Å². The Hall–Kier alpha value is -3.12. The SMILES string of the molecule is CC(C)N(Cc1nnc(-c2ccc(Cl)cc2)o1)C(=O)Cc1coc2cc3c(cc12)CCC3. The molecule has 0 aliphatic heterocycles. The average Bonchev–Trinajstić information content (AvgIpc) is 3.51. The van der Waals surface area contributed by atoms with Crippen molar-refractivity contribution in [3.05, 3.63) is 70.3 Å². The standard InChI is InChI=1S/C25H24ClN3O3/c1-15(2)29(13-23-27-28-25(32-23)16-6-8-20(26)9-7-16)24(30)12-19-14-31-22-11-18-5-3-4-17(18)10-21(19)22/h6-11,14-15H,3-5,12-13H2,1-2H3. The van der Waals surface area contributed by atoms with Crippen molar-refractivity contribution in [3.63, 3.8) is 0 Å². The maximum atomic E-state index is 13.2. The quantitative estimate of drug-likeness (QED) is 0.383. The second kappa shape index (κ2) is 8.43. The first-order valence-corrected chi connectivity index (χ1v) is 11.3. The number of carbonyl (C=O) groups is 1. The number of carbonyl (C=O) groups excluding carboxylic acids is 1. The van der Waals surface area contributed by atoms with Gasteiger partial charge in [0.05, 0.1) is 19.2 Å². The van der Waals surface area contributed by atoms with Crippen LogP contribution in [0.5, 0.6) is 0 Å². The van der Waals surface area contributed by atoms with Gasteiger partial charge in [-0.2, -0.15) is 0 Å². The first-order chi connectivity index (χ1) is 15.5. The third-order valence-electron chi connectivity index (χ3n) is 6.02. The summed E-state index contributed by atoms with van der Waals surface area (Å²) in [7, 11) is 0. The minimum atomic E-state index is -0.0178. The van der Waals surface area contributed by atoms with Crippen LogP contribution in [0.4, 0.5) is 0 Å². The summed E-state index contributed by atoms with van der Waals surface area (Å²) in [6.07, 6.45) is 5.35. The number of amides is 1. The summed E-state index contributed by atoms with van der Waals surface area (Å²) in [4.78, 5) is 15.0. The molecule has 6 nitrogen and oxygen atoms in total. The van der Waals surface area contributed by atoms with Crippen LogP contribution in [-0.4, -0.2) is 27.0 Å². The summed E-state index contributed by atoms with van der Waals surface area (Å²) in [6, 6.07) is 11.5. The number of aromatic nitrogens is 2. The highest BCUT2D eigenvalue weighted by molar-refractivity contribution is 6.30. The van der Waals surface area contributed by atoms with E-state index in [0.29, 0.717) is 16.8 Å². The summed E-state index contributed by atoms with van der Waals surface area (Å²) in [5, 5.41) is 9.94. The van der Waals surface area contributed by atoms with Gasteiger partial charge in [-0.1, -0.05) is 11.6 Å². The van der Waals surface area contributed by atoms with Crippen LogP contribution in [0.2, 0.25) is 5.02 Å². The third kappa shape index (κ3) is 4.02. The number of benzene rings is 2. The molecule has 0 spiro atoms. The van der Waals surface area contributed by atoms with Crippen molar-refractivity contribution in [2.24, 2.45) is 0 Å². The fraction of sp³-hybridized carbons (Fsp3) is 0.320. The molecule has 0 unspecified atom stereocenters. The summed E-state index contributed by atoms with van der Waals surface area (Å²) in [6.45, 7) is 4.21. The van der Waals surface area contributed by atoms with Crippen LogP contribution < -0.4 is 0 Å². The average molecular weight is 450 g/mol. The monoisotopic (exact) mass is 449 g/mol.